The van der Waals surface area contributed by atoms with Crippen molar-refractivity contribution in [2.24, 2.45) is 0 Å². The summed E-state index contributed by atoms with van der Waals surface area (Å²) >= 11 is 0. The summed E-state index contributed by atoms with van der Waals surface area (Å²) in [5, 5.41) is 7.34. The van der Waals surface area contributed by atoms with Crippen LogP contribution in [0.25, 0.3) is 32.3 Å². The molecule has 12 aromatic carbocycles. The van der Waals surface area contributed by atoms with Gasteiger partial charge in [-0.3, -0.25) is 0 Å². The smallest absolute Gasteiger partial charge is 0.0468 e. The van der Waals surface area contributed by atoms with Gasteiger partial charge in [-0.05, 0) is 158 Å². The van der Waals surface area contributed by atoms with E-state index in [0.29, 0.717) is 0 Å². The zero-order valence-electron chi connectivity index (χ0n) is 38.6. The van der Waals surface area contributed by atoms with E-state index in [-0.39, 0.29) is 5.92 Å². The lowest BCUT2D eigenvalue weighted by atomic mass is 9.84. The van der Waals surface area contributed by atoms with Crippen molar-refractivity contribution in [2.45, 2.75) is 5.92 Å². The summed E-state index contributed by atoms with van der Waals surface area (Å²) in [4.78, 5) is 7.05. The lowest BCUT2D eigenvalue weighted by molar-refractivity contribution is 0.980. The fourth-order valence-corrected chi connectivity index (χ4v) is 10.1. The molecule has 0 radical (unpaired) electrons. The SMILES string of the molecule is c1ccc(C(c2ccc(N(c3ccc(N(c4ccccc4)c4ccc5ccccc5c4)cc3)c3ccc(N(c4ccccc4)c4ccc5ccccc5c4)cc3)cc2)c2ccc3ccccc3c2)cc1. The topological polar surface area (TPSA) is 9.72 Å². The number of hydrogen-bond acceptors (Lipinski definition) is 3. The molecule has 12 rings (SSSR count). The predicted molar refractivity (Wildman–Crippen MR) is 297 cm³/mol. The van der Waals surface area contributed by atoms with E-state index in [9.17, 15) is 0 Å². The highest BCUT2D eigenvalue weighted by atomic mass is 15.2. The molecule has 0 bridgehead atoms. The molecule has 0 heterocycles. The monoisotopic (exact) mass is 895 g/mol. The minimum absolute atomic E-state index is 0.0602. The van der Waals surface area contributed by atoms with Crippen LogP contribution in [-0.4, -0.2) is 0 Å². The number of para-hydroxylation sites is 2. The van der Waals surface area contributed by atoms with Crippen LogP contribution in [0.4, 0.5) is 51.2 Å². The van der Waals surface area contributed by atoms with Crippen molar-refractivity contribution in [3.05, 3.63) is 308 Å². The van der Waals surface area contributed by atoms with Gasteiger partial charge in [0.2, 0.25) is 0 Å². The second-order valence-corrected chi connectivity index (χ2v) is 17.8. The van der Waals surface area contributed by atoms with Crippen LogP contribution in [0.2, 0.25) is 0 Å². The second kappa shape index (κ2) is 18.8. The summed E-state index contributed by atoms with van der Waals surface area (Å²) in [6.07, 6.45) is 0. The lowest BCUT2D eigenvalue weighted by Crippen LogP contribution is -2.13. The van der Waals surface area contributed by atoms with E-state index < -0.39 is 0 Å². The van der Waals surface area contributed by atoms with Crippen molar-refractivity contribution in [1.29, 1.82) is 0 Å². The van der Waals surface area contributed by atoms with Gasteiger partial charge >= 0.3 is 0 Å². The molecular weight excluding hydrogens is 847 g/mol. The van der Waals surface area contributed by atoms with Gasteiger partial charge in [0.15, 0.2) is 0 Å². The van der Waals surface area contributed by atoms with Gasteiger partial charge in [-0.15, -0.1) is 0 Å². The Morgan fingerprint density at radius 2 is 0.429 bits per heavy atom. The summed E-state index contributed by atoms with van der Waals surface area (Å²) in [6, 6.07) is 105. The van der Waals surface area contributed by atoms with Crippen LogP contribution in [0.5, 0.6) is 0 Å². The molecule has 3 nitrogen and oxygen atoms in total. The van der Waals surface area contributed by atoms with E-state index in [4.69, 9.17) is 0 Å². The van der Waals surface area contributed by atoms with Crippen molar-refractivity contribution in [2.75, 3.05) is 14.7 Å². The minimum Gasteiger partial charge on any atom is -0.311 e. The summed E-state index contributed by atoms with van der Waals surface area (Å²) in [5.74, 6) is 0.0602. The van der Waals surface area contributed by atoms with Crippen LogP contribution in [0.1, 0.15) is 22.6 Å². The first-order chi connectivity index (χ1) is 34.7. The molecule has 0 aromatic heterocycles. The lowest BCUT2D eigenvalue weighted by Gasteiger charge is -2.30. The Labute approximate surface area is 410 Å². The molecule has 0 N–H and O–H groups in total. The maximum absolute atomic E-state index is 2.37. The van der Waals surface area contributed by atoms with Crippen molar-refractivity contribution < 1.29 is 0 Å². The third kappa shape index (κ3) is 8.42. The number of hydrogen-bond donors (Lipinski definition) is 0. The molecule has 1 atom stereocenters. The molecule has 1 unspecified atom stereocenters. The number of rotatable bonds is 12. The Hall–Kier alpha value is -9.18. The van der Waals surface area contributed by atoms with Gasteiger partial charge in [-0.1, -0.05) is 182 Å². The molecule has 0 fully saturated rings. The Bertz CT molecular complexity index is 3310. The summed E-state index contributed by atoms with van der Waals surface area (Å²) < 4.78 is 0. The third-order valence-corrected chi connectivity index (χ3v) is 13.5. The zero-order chi connectivity index (χ0) is 46.6. The molecule has 3 heteroatoms. The van der Waals surface area contributed by atoms with Crippen LogP contribution in [0, 0.1) is 0 Å². The molecule has 12 aromatic rings. The highest BCUT2D eigenvalue weighted by Crippen LogP contribution is 2.43. The maximum Gasteiger partial charge on any atom is 0.0468 e. The van der Waals surface area contributed by atoms with Crippen molar-refractivity contribution in [1.82, 2.24) is 0 Å². The van der Waals surface area contributed by atoms with E-state index in [1.807, 2.05) is 0 Å². The summed E-state index contributed by atoms with van der Waals surface area (Å²) in [5.41, 5.74) is 13.5. The summed E-state index contributed by atoms with van der Waals surface area (Å²) in [7, 11) is 0. The van der Waals surface area contributed by atoms with Gasteiger partial charge in [0.05, 0.1) is 0 Å². The molecule has 0 saturated heterocycles. The van der Waals surface area contributed by atoms with Crippen molar-refractivity contribution >= 4 is 83.5 Å². The number of benzene rings is 12. The standard InChI is InChI=1S/C67H49N3/c1-4-19-52(20-5-1)67(57-29-28-49-16-10-13-21-54(49)46-57)53-32-34-60(35-33-53)68(61-38-42-63(43-39-61)69(58-24-6-2-7-25-58)65-36-30-50-17-11-14-22-55(50)47-65)62-40-44-64(45-41-62)70(59-26-8-3-9-27-59)66-37-31-51-18-12-15-23-56(51)48-66/h1-48,67H. The van der Waals surface area contributed by atoms with E-state index in [0.717, 1.165) is 51.2 Å². The van der Waals surface area contributed by atoms with Crippen LogP contribution in [0.15, 0.2) is 291 Å². The quantitative estimate of drug-likeness (QED) is 0.113. The normalized spacial score (nSPS) is 11.7. The minimum atomic E-state index is 0.0602. The Kier molecular flexibility index (Phi) is 11.4. The Balaban J connectivity index is 0.961. The Morgan fingerprint density at radius 3 is 0.843 bits per heavy atom. The summed E-state index contributed by atoms with van der Waals surface area (Å²) in [6.45, 7) is 0. The van der Waals surface area contributed by atoms with Gasteiger partial charge < -0.3 is 14.7 Å². The van der Waals surface area contributed by atoms with E-state index in [1.54, 1.807) is 0 Å². The average molecular weight is 896 g/mol. The Morgan fingerprint density at radius 1 is 0.171 bits per heavy atom. The van der Waals surface area contributed by atoms with Gasteiger partial charge in [0, 0.05) is 57.1 Å². The number of anilines is 9. The first-order valence-corrected chi connectivity index (χ1v) is 24.0. The van der Waals surface area contributed by atoms with Crippen LogP contribution < -0.4 is 14.7 Å². The average Bonchev–Trinajstić information content (AvgIpc) is 3.43. The third-order valence-electron chi connectivity index (χ3n) is 13.5. The molecule has 0 saturated carbocycles. The molecule has 0 aliphatic rings. The first-order valence-electron chi connectivity index (χ1n) is 24.0. The van der Waals surface area contributed by atoms with Crippen LogP contribution >= 0.6 is 0 Å². The van der Waals surface area contributed by atoms with Crippen LogP contribution in [0.3, 0.4) is 0 Å². The second-order valence-electron chi connectivity index (χ2n) is 17.8. The van der Waals surface area contributed by atoms with Crippen molar-refractivity contribution in [3.8, 4) is 0 Å². The van der Waals surface area contributed by atoms with Crippen LogP contribution in [-0.2, 0) is 0 Å². The highest BCUT2D eigenvalue weighted by Gasteiger charge is 2.21. The molecule has 0 aliphatic carbocycles. The number of fused-ring (bicyclic) bond motifs is 3. The van der Waals surface area contributed by atoms with Gasteiger partial charge in [-0.2, -0.15) is 0 Å². The van der Waals surface area contributed by atoms with Gasteiger partial charge in [0.25, 0.3) is 0 Å². The molecular formula is C67H49N3. The largest absolute Gasteiger partial charge is 0.311 e. The van der Waals surface area contributed by atoms with E-state index >= 15 is 0 Å². The zero-order valence-corrected chi connectivity index (χ0v) is 38.6. The van der Waals surface area contributed by atoms with E-state index in [2.05, 4.69) is 306 Å². The van der Waals surface area contributed by atoms with Gasteiger partial charge in [-0.25, -0.2) is 0 Å². The van der Waals surface area contributed by atoms with Gasteiger partial charge in [0.1, 0.15) is 0 Å². The molecule has 70 heavy (non-hydrogen) atoms. The molecule has 0 aliphatic heterocycles. The van der Waals surface area contributed by atoms with Crippen molar-refractivity contribution in [3.63, 3.8) is 0 Å². The predicted octanol–water partition coefficient (Wildman–Crippen LogP) is 18.7. The van der Waals surface area contributed by atoms with E-state index in [1.165, 1.54) is 49.0 Å². The number of nitrogens with zero attached hydrogens (tertiary/aromatic N) is 3. The molecule has 0 amide bonds. The fourth-order valence-electron chi connectivity index (χ4n) is 10.1. The molecule has 332 valence electrons. The molecule has 0 spiro atoms. The highest BCUT2D eigenvalue weighted by molar-refractivity contribution is 5.92. The maximum atomic E-state index is 2.37. The first kappa shape index (κ1) is 42.2. The fraction of sp³-hybridized carbons (Fsp3) is 0.0149.